The topological polar surface area (TPSA) is 63.1 Å². The fourth-order valence-corrected chi connectivity index (χ4v) is 3.58. The molecule has 1 aromatic heterocycles. The molecule has 1 unspecified atom stereocenters. The molecule has 0 bridgehead atoms. The quantitative estimate of drug-likeness (QED) is 0.774. The van der Waals surface area contributed by atoms with Crippen LogP contribution in [0.4, 0.5) is 0 Å². The van der Waals surface area contributed by atoms with E-state index >= 15 is 0 Å². The van der Waals surface area contributed by atoms with Crippen LogP contribution in [0.15, 0.2) is 17.2 Å². The molecule has 1 aromatic rings. The van der Waals surface area contributed by atoms with E-state index in [9.17, 15) is 8.42 Å². The Morgan fingerprint density at radius 1 is 1.33 bits per heavy atom. The van der Waals surface area contributed by atoms with Crippen LogP contribution in [-0.2, 0) is 16.6 Å². The molecular weight excluding hydrogens is 286 g/mol. The summed E-state index contributed by atoms with van der Waals surface area (Å²) in [7, 11) is -3.42. The van der Waals surface area contributed by atoms with Crippen molar-refractivity contribution in [2.45, 2.75) is 76.5 Å². The molecule has 0 spiro atoms. The zero-order valence-corrected chi connectivity index (χ0v) is 14.2. The highest BCUT2D eigenvalue weighted by molar-refractivity contribution is 7.89. The number of rotatable bonds is 8. The van der Waals surface area contributed by atoms with Gasteiger partial charge < -0.3 is 9.88 Å². The Kier molecular flexibility index (Phi) is 5.11. The fraction of sp³-hybridized carbons (Fsp3) is 0.733. The van der Waals surface area contributed by atoms with Gasteiger partial charge in [0.15, 0.2) is 0 Å². The minimum Gasteiger partial charge on any atom is -0.346 e. The van der Waals surface area contributed by atoms with Crippen LogP contribution in [0.1, 0.15) is 58.7 Å². The molecule has 0 radical (unpaired) electrons. The second-order valence-corrected chi connectivity index (χ2v) is 7.99. The summed E-state index contributed by atoms with van der Waals surface area (Å²) in [6.07, 6.45) is 4.85. The number of hydrogen-bond acceptors (Lipinski definition) is 3. The summed E-state index contributed by atoms with van der Waals surface area (Å²) in [4.78, 5) is 0.384. The van der Waals surface area contributed by atoms with Gasteiger partial charge in [-0.15, -0.1) is 0 Å². The lowest BCUT2D eigenvalue weighted by atomic mass is 10.3. The first-order valence-electron chi connectivity index (χ1n) is 7.80. The highest BCUT2D eigenvalue weighted by Gasteiger charge is 2.28. The van der Waals surface area contributed by atoms with Crippen LogP contribution in [-0.4, -0.2) is 25.1 Å². The van der Waals surface area contributed by atoms with E-state index in [1.807, 2.05) is 13.8 Å². The summed E-state index contributed by atoms with van der Waals surface area (Å²) in [6.45, 7) is 8.74. The minimum atomic E-state index is -3.42. The molecule has 2 rings (SSSR count). The van der Waals surface area contributed by atoms with Gasteiger partial charge in [-0.1, -0.05) is 20.8 Å². The largest absolute Gasteiger partial charge is 0.346 e. The van der Waals surface area contributed by atoms with Gasteiger partial charge >= 0.3 is 0 Å². The van der Waals surface area contributed by atoms with Gasteiger partial charge in [0, 0.05) is 36.6 Å². The van der Waals surface area contributed by atoms with Gasteiger partial charge in [-0.25, -0.2) is 13.1 Å². The molecule has 0 aliphatic heterocycles. The second-order valence-electron chi connectivity index (χ2n) is 6.27. The van der Waals surface area contributed by atoms with Crippen molar-refractivity contribution in [3.63, 3.8) is 0 Å². The van der Waals surface area contributed by atoms with Crippen molar-refractivity contribution in [1.82, 2.24) is 14.6 Å². The van der Waals surface area contributed by atoms with Crippen molar-refractivity contribution < 1.29 is 8.42 Å². The van der Waals surface area contributed by atoms with E-state index in [0.717, 1.165) is 25.0 Å². The Hall–Kier alpha value is -0.850. The molecule has 5 nitrogen and oxygen atoms in total. The lowest BCUT2D eigenvalue weighted by molar-refractivity contribution is 0.554. The number of nitrogens with one attached hydrogen (secondary N) is 2. The van der Waals surface area contributed by atoms with E-state index in [1.165, 1.54) is 0 Å². The highest BCUT2D eigenvalue weighted by atomic mass is 32.2. The summed E-state index contributed by atoms with van der Waals surface area (Å²) in [5, 5.41) is 3.37. The summed E-state index contributed by atoms with van der Waals surface area (Å²) in [6, 6.07) is 2.61. The third kappa shape index (κ3) is 4.31. The van der Waals surface area contributed by atoms with Gasteiger partial charge in [0.1, 0.15) is 0 Å². The number of nitrogens with zero attached hydrogens (tertiary/aromatic N) is 1. The van der Waals surface area contributed by atoms with Crippen LogP contribution >= 0.6 is 0 Å². The minimum absolute atomic E-state index is 0.0449. The lowest BCUT2D eigenvalue weighted by Crippen LogP contribution is -2.31. The zero-order valence-electron chi connectivity index (χ0n) is 13.4. The maximum atomic E-state index is 12.4. The van der Waals surface area contributed by atoms with Crippen LogP contribution in [0.5, 0.6) is 0 Å². The molecule has 0 amide bonds. The molecule has 1 atom stereocenters. The molecule has 1 heterocycles. The van der Waals surface area contributed by atoms with Gasteiger partial charge in [-0.3, -0.25) is 0 Å². The summed E-state index contributed by atoms with van der Waals surface area (Å²) < 4.78 is 29.7. The average molecular weight is 313 g/mol. The molecule has 6 heteroatoms. The smallest absolute Gasteiger partial charge is 0.242 e. The Labute approximate surface area is 128 Å². The van der Waals surface area contributed by atoms with Gasteiger partial charge in [-0.05, 0) is 32.3 Å². The van der Waals surface area contributed by atoms with Gasteiger partial charge in [-0.2, -0.15) is 0 Å². The molecule has 0 saturated heterocycles. The van der Waals surface area contributed by atoms with Crippen molar-refractivity contribution in [2.24, 2.45) is 0 Å². The van der Waals surface area contributed by atoms with Crippen molar-refractivity contribution in [3.8, 4) is 0 Å². The normalized spacial score (nSPS) is 17.4. The van der Waals surface area contributed by atoms with Crippen molar-refractivity contribution in [3.05, 3.63) is 18.0 Å². The first kappa shape index (κ1) is 16.5. The Balaban J connectivity index is 2.22. The maximum Gasteiger partial charge on any atom is 0.242 e. The molecular formula is C15H27N3O2S. The number of sulfonamides is 1. The molecule has 120 valence electrons. The van der Waals surface area contributed by atoms with E-state index in [4.69, 9.17) is 0 Å². The summed E-state index contributed by atoms with van der Waals surface area (Å²) >= 11 is 0. The van der Waals surface area contributed by atoms with E-state index < -0.39 is 10.0 Å². The van der Waals surface area contributed by atoms with E-state index in [-0.39, 0.29) is 6.04 Å². The molecule has 21 heavy (non-hydrogen) atoms. The molecule has 1 aliphatic carbocycles. The zero-order chi connectivity index (χ0) is 15.6. The monoisotopic (exact) mass is 313 g/mol. The van der Waals surface area contributed by atoms with Crippen molar-refractivity contribution in [2.75, 3.05) is 0 Å². The standard InChI is InChI=1S/C15H27N3O2S/c1-5-12(4)17-21(19,20)15-8-14(9-16-11(2)3)18(10-15)13-6-7-13/h8,10-13,16-17H,5-7,9H2,1-4H3. The van der Waals surface area contributed by atoms with Crippen molar-refractivity contribution >= 4 is 10.0 Å². The first-order valence-corrected chi connectivity index (χ1v) is 9.28. The Morgan fingerprint density at radius 3 is 2.52 bits per heavy atom. The van der Waals surface area contributed by atoms with Gasteiger partial charge in [0.2, 0.25) is 10.0 Å². The second kappa shape index (κ2) is 6.50. The third-order valence-electron chi connectivity index (χ3n) is 3.82. The third-order valence-corrected chi connectivity index (χ3v) is 5.37. The predicted octanol–water partition coefficient (Wildman–Crippen LogP) is 2.40. The van der Waals surface area contributed by atoms with E-state index in [0.29, 0.717) is 23.5 Å². The van der Waals surface area contributed by atoms with Crippen LogP contribution in [0.2, 0.25) is 0 Å². The van der Waals surface area contributed by atoms with Crippen LogP contribution in [0.3, 0.4) is 0 Å². The SMILES string of the molecule is CCC(C)NS(=O)(=O)c1cc(CNC(C)C)n(C2CC2)c1. The Morgan fingerprint density at radius 2 is 2.00 bits per heavy atom. The lowest BCUT2D eigenvalue weighted by Gasteiger charge is -2.10. The molecule has 1 saturated carbocycles. The maximum absolute atomic E-state index is 12.4. The van der Waals surface area contributed by atoms with Crippen LogP contribution in [0.25, 0.3) is 0 Å². The number of hydrogen-bond donors (Lipinski definition) is 2. The highest BCUT2D eigenvalue weighted by Crippen LogP contribution is 2.37. The van der Waals surface area contributed by atoms with E-state index in [2.05, 4.69) is 28.5 Å². The predicted molar refractivity (Wildman–Crippen MR) is 84.8 cm³/mol. The molecule has 0 aromatic carbocycles. The fourth-order valence-electron chi connectivity index (χ4n) is 2.20. The number of aromatic nitrogens is 1. The van der Waals surface area contributed by atoms with Crippen LogP contribution < -0.4 is 10.0 Å². The Bertz CT molecular complexity index is 574. The van der Waals surface area contributed by atoms with Crippen molar-refractivity contribution in [1.29, 1.82) is 0 Å². The van der Waals surface area contributed by atoms with E-state index in [1.54, 1.807) is 12.3 Å². The van der Waals surface area contributed by atoms with Gasteiger partial charge in [0.25, 0.3) is 0 Å². The molecule has 2 N–H and O–H groups in total. The average Bonchev–Trinajstić information content (AvgIpc) is 3.15. The first-order chi connectivity index (χ1) is 9.83. The summed E-state index contributed by atoms with van der Waals surface area (Å²) in [5.74, 6) is 0. The summed E-state index contributed by atoms with van der Waals surface area (Å²) in [5.41, 5.74) is 1.05. The molecule has 1 aliphatic rings. The van der Waals surface area contributed by atoms with Gasteiger partial charge in [0.05, 0.1) is 4.90 Å². The van der Waals surface area contributed by atoms with Crippen LogP contribution in [0, 0.1) is 0 Å². The molecule has 1 fully saturated rings.